The summed E-state index contributed by atoms with van der Waals surface area (Å²) in [6.45, 7) is 9.58. The molecule has 0 bridgehead atoms. The second-order valence-electron chi connectivity index (χ2n) is 6.67. The Labute approximate surface area is 128 Å². The number of nitrogens with zero attached hydrogens (tertiary/aromatic N) is 3. The lowest BCUT2D eigenvalue weighted by Gasteiger charge is -2.37. The quantitative estimate of drug-likeness (QED) is 0.787. The molecule has 1 amide bonds. The Morgan fingerprint density at radius 3 is 2.24 bits per heavy atom. The van der Waals surface area contributed by atoms with Crippen LogP contribution in [0.4, 0.5) is 0 Å². The summed E-state index contributed by atoms with van der Waals surface area (Å²) in [5.74, 6) is 0.299. The van der Waals surface area contributed by atoms with Crippen molar-refractivity contribution < 1.29 is 9.90 Å². The van der Waals surface area contributed by atoms with Gasteiger partial charge in [0.1, 0.15) is 0 Å². The molecule has 0 spiro atoms. The lowest BCUT2D eigenvalue weighted by molar-refractivity contribution is -0.137. The normalized spacial score (nSPS) is 22.1. The van der Waals surface area contributed by atoms with Crippen molar-refractivity contribution >= 4 is 5.91 Å². The molecule has 21 heavy (non-hydrogen) atoms. The van der Waals surface area contributed by atoms with Crippen LogP contribution in [0.3, 0.4) is 0 Å². The van der Waals surface area contributed by atoms with E-state index in [1.807, 2.05) is 0 Å². The van der Waals surface area contributed by atoms with Crippen LogP contribution in [0.2, 0.25) is 0 Å². The van der Waals surface area contributed by atoms with Gasteiger partial charge in [-0.15, -0.1) is 0 Å². The summed E-state index contributed by atoms with van der Waals surface area (Å²) < 4.78 is 0. The minimum Gasteiger partial charge on any atom is -0.395 e. The number of hydrogen-bond donors (Lipinski definition) is 1. The number of rotatable bonds is 6. The number of piperazine rings is 1. The summed E-state index contributed by atoms with van der Waals surface area (Å²) in [5.41, 5.74) is 0. The topological polar surface area (TPSA) is 47.0 Å². The summed E-state index contributed by atoms with van der Waals surface area (Å²) in [4.78, 5) is 19.3. The third kappa shape index (κ3) is 4.66. The van der Waals surface area contributed by atoms with Crippen molar-refractivity contribution in [2.75, 3.05) is 45.9 Å². The molecule has 2 rings (SSSR count). The number of aliphatic hydroxyl groups excluding tert-OH is 1. The van der Waals surface area contributed by atoms with Gasteiger partial charge in [0, 0.05) is 44.8 Å². The van der Waals surface area contributed by atoms with Gasteiger partial charge in [0.05, 0.1) is 13.2 Å². The van der Waals surface area contributed by atoms with Gasteiger partial charge in [-0.25, -0.2) is 0 Å². The van der Waals surface area contributed by atoms with Crippen LogP contribution >= 0.6 is 0 Å². The first-order valence-corrected chi connectivity index (χ1v) is 8.48. The predicted molar refractivity (Wildman–Crippen MR) is 84.2 cm³/mol. The number of hydrogen-bond acceptors (Lipinski definition) is 4. The molecule has 122 valence electrons. The standard InChI is InChI=1S/C16H31N3O2/c1-14(2)19(15-5-3-4-6-15)16(21)13-18-9-7-17(8-10-18)11-12-20/h14-15,20H,3-13H2,1-2H3. The number of amides is 1. The van der Waals surface area contributed by atoms with Gasteiger partial charge in [-0.2, -0.15) is 0 Å². The molecule has 0 radical (unpaired) electrons. The van der Waals surface area contributed by atoms with E-state index >= 15 is 0 Å². The van der Waals surface area contributed by atoms with Crippen molar-refractivity contribution in [3.05, 3.63) is 0 Å². The number of aliphatic hydroxyl groups is 1. The van der Waals surface area contributed by atoms with Crippen LogP contribution in [-0.4, -0.2) is 83.7 Å². The molecule has 0 aromatic heterocycles. The SMILES string of the molecule is CC(C)N(C(=O)CN1CCN(CCO)CC1)C1CCCC1. The fourth-order valence-corrected chi connectivity index (χ4v) is 3.68. The van der Waals surface area contributed by atoms with Crippen molar-refractivity contribution in [2.45, 2.75) is 51.6 Å². The van der Waals surface area contributed by atoms with Crippen LogP contribution in [0, 0.1) is 0 Å². The van der Waals surface area contributed by atoms with Gasteiger partial charge >= 0.3 is 0 Å². The monoisotopic (exact) mass is 297 g/mol. The summed E-state index contributed by atoms with van der Waals surface area (Å²) in [6, 6.07) is 0.768. The molecule has 0 atom stereocenters. The van der Waals surface area contributed by atoms with Gasteiger partial charge in [0.2, 0.25) is 5.91 Å². The zero-order valence-electron chi connectivity index (χ0n) is 13.6. The van der Waals surface area contributed by atoms with Crippen LogP contribution in [0.15, 0.2) is 0 Å². The fourth-order valence-electron chi connectivity index (χ4n) is 3.68. The van der Waals surface area contributed by atoms with E-state index in [1.165, 1.54) is 25.7 Å². The second kappa shape index (κ2) is 8.11. The zero-order chi connectivity index (χ0) is 15.2. The first-order chi connectivity index (χ1) is 10.1. The van der Waals surface area contributed by atoms with Gasteiger partial charge < -0.3 is 10.0 Å². The molecule has 0 unspecified atom stereocenters. The molecule has 1 N–H and O–H groups in total. The molecule has 1 saturated heterocycles. The van der Waals surface area contributed by atoms with Crippen molar-refractivity contribution in [3.8, 4) is 0 Å². The molecular formula is C16H31N3O2. The Morgan fingerprint density at radius 1 is 1.14 bits per heavy atom. The third-order valence-electron chi connectivity index (χ3n) is 4.80. The molecule has 1 aliphatic carbocycles. The lowest BCUT2D eigenvalue weighted by Crippen LogP contribution is -2.53. The van der Waals surface area contributed by atoms with E-state index in [0.29, 0.717) is 24.5 Å². The van der Waals surface area contributed by atoms with E-state index < -0.39 is 0 Å². The minimum absolute atomic E-state index is 0.224. The maximum Gasteiger partial charge on any atom is 0.237 e. The van der Waals surface area contributed by atoms with Crippen molar-refractivity contribution in [1.29, 1.82) is 0 Å². The average Bonchev–Trinajstić information content (AvgIpc) is 2.95. The number of carbonyl (C=O) groups excluding carboxylic acids is 1. The Kier molecular flexibility index (Phi) is 6.45. The Balaban J connectivity index is 1.82. The molecule has 1 saturated carbocycles. The smallest absolute Gasteiger partial charge is 0.237 e. The highest BCUT2D eigenvalue weighted by Crippen LogP contribution is 2.25. The van der Waals surface area contributed by atoms with Crippen molar-refractivity contribution in [1.82, 2.24) is 14.7 Å². The van der Waals surface area contributed by atoms with Gasteiger partial charge in [-0.05, 0) is 26.7 Å². The minimum atomic E-state index is 0.224. The van der Waals surface area contributed by atoms with Crippen LogP contribution in [0.5, 0.6) is 0 Å². The predicted octanol–water partition coefficient (Wildman–Crippen LogP) is 0.776. The van der Waals surface area contributed by atoms with Crippen LogP contribution in [-0.2, 0) is 4.79 Å². The first kappa shape index (κ1) is 16.7. The summed E-state index contributed by atoms with van der Waals surface area (Å²) in [7, 11) is 0. The molecular weight excluding hydrogens is 266 g/mol. The van der Waals surface area contributed by atoms with E-state index in [2.05, 4.69) is 28.5 Å². The van der Waals surface area contributed by atoms with Gasteiger partial charge in [0.15, 0.2) is 0 Å². The fraction of sp³-hybridized carbons (Fsp3) is 0.938. The maximum atomic E-state index is 12.7. The number of carbonyl (C=O) groups is 1. The summed E-state index contributed by atoms with van der Waals surface area (Å²) >= 11 is 0. The molecule has 0 aromatic carbocycles. The van der Waals surface area contributed by atoms with E-state index in [4.69, 9.17) is 5.11 Å². The highest BCUT2D eigenvalue weighted by atomic mass is 16.3. The van der Waals surface area contributed by atoms with Crippen molar-refractivity contribution in [2.24, 2.45) is 0 Å². The molecule has 5 heteroatoms. The molecule has 1 aliphatic heterocycles. The zero-order valence-corrected chi connectivity index (χ0v) is 13.6. The van der Waals surface area contributed by atoms with E-state index in [1.54, 1.807) is 0 Å². The average molecular weight is 297 g/mol. The maximum absolute atomic E-state index is 12.7. The largest absolute Gasteiger partial charge is 0.395 e. The van der Waals surface area contributed by atoms with E-state index in [9.17, 15) is 4.79 Å². The molecule has 0 aromatic rings. The van der Waals surface area contributed by atoms with Gasteiger partial charge in [-0.3, -0.25) is 14.6 Å². The van der Waals surface area contributed by atoms with E-state index in [0.717, 1.165) is 32.7 Å². The molecule has 2 fully saturated rings. The Hall–Kier alpha value is -0.650. The van der Waals surface area contributed by atoms with Crippen LogP contribution in [0.25, 0.3) is 0 Å². The highest BCUT2D eigenvalue weighted by molar-refractivity contribution is 5.79. The lowest BCUT2D eigenvalue weighted by atomic mass is 10.1. The second-order valence-corrected chi connectivity index (χ2v) is 6.67. The number of β-amino-alcohol motifs (C(OH)–C–C–N with tert-alkyl or cyclic N) is 1. The van der Waals surface area contributed by atoms with Gasteiger partial charge in [0.25, 0.3) is 0 Å². The molecule has 2 aliphatic rings. The van der Waals surface area contributed by atoms with Gasteiger partial charge in [-0.1, -0.05) is 12.8 Å². The third-order valence-corrected chi connectivity index (χ3v) is 4.80. The van der Waals surface area contributed by atoms with Crippen LogP contribution in [0.1, 0.15) is 39.5 Å². The van der Waals surface area contributed by atoms with E-state index in [-0.39, 0.29) is 6.61 Å². The molecule has 5 nitrogen and oxygen atoms in total. The Morgan fingerprint density at radius 2 is 1.71 bits per heavy atom. The van der Waals surface area contributed by atoms with Crippen LogP contribution < -0.4 is 0 Å². The highest BCUT2D eigenvalue weighted by Gasteiger charge is 2.30. The van der Waals surface area contributed by atoms with Crippen molar-refractivity contribution in [3.63, 3.8) is 0 Å². The summed E-state index contributed by atoms with van der Waals surface area (Å²) in [6.07, 6.45) is 4.88. The Bertz CT molecular complexity index is 321. The molecule has 1 heterocycles. The first-order valence-electron chi connectivity index (χ1n) is 8.48. The summed E-state index contributed by atoms with van der Waals surface area (Å²) in [5, 5.41) is 8.97.